The molecule has 3 heteroatoms. The van der Waals surface area contributed by atoms with E-state index in [4.69, 9.17) is 9.47 Å². The summed E-state index contributed by atoms with van der Waals surface area (Å²) in [7, 11) is 0. The number of hydrogen-bond acceptors (Lipinski definition) is 3. The summed E-state index contributed by atoms with van der Waals surface area (Å²) < 4.78 is 12.2. The standard InChI is InChI=1S/C18H25NO2/c1-18-12-20-17-11-14(21-13-5-3-2-4-6-13)7-8-15(17)16(18)9-10-19-18/h7-8,11,13,16,19H,2-6,9-10,12H2,1H3/t16-,18+/m0/s1. The summed E-state index contributed by atoms with van der Waals surface area (Å²) in [5.41, 5.74) is 1.46. The lowest BCUT2D eigenvalue weighted by Crippen LogP contribution is -2.48. The van der Waals surface area contributed by atoms with E-state index in [9.17, 15) is 0 Å². The van der Waals surface area contributed by atoms with Crippen molar-refractivity contribution in [3.63, 3.8) is 0 Å². The fourth-order valence-corrected chi connectivity index (χ4v) is 4.20. The van der Waals surface area contributed by atoms with Gasteiger partial charge in [-0.2, -0.15) is 0 Å². The highest BCUT2D eigenvalue weighted by atomic mass is 16.5. The first-order chi connectivity index (χ1) is 10.2. The molecule has 2 aliphatic heterocycles. The highest BCUT2D eigenvalue weighted by Gasteiger charge is 2.44. The molecule has 1 aliphatic carbocycles. The normalized spacial score (nSPS) is 32.1. The highest BCUT2D eigenvalue weighted by molar-refractivity contribution is 5.46. The van der Waals surface area contributed by atoms with E-state index in [1.165, 1.54) is 44.1 Å². The molecule has 2 fully saturated rings. The van der Waals surface area contributed by atoms with Crippen LogP contribution in [-0.4, -0.2) is 24.8 Å². The summed E-state index contributed by atoms with van der Waals surface area (Å²) in [5, 5.41) is 3.60. The molecule has 0 unspecified atom stereocenters. The Balaban J connectivity index is 1.55. The molecule has 3 aliphatic rings. The van der Waals surface area contributed by atoms with Gasteiger partial charge in [-0.3, -0.25) is 0 Å². The molecule has 0 bridgehead atoms. The molecule has 1 aromatic rings. The van der Waals surface area contributed by atoms with Crippen molar-refractivity contribution in [3.05, 3.63) is 23.8 Å². The van der Waals surface area contributed by atoms with E-state index < -0.39 is 0 Å². The summed E-state index contributed by atoms with van der Waals surface area (Å²) in [4.78, 5) is 0. The Kier molecular flexibility index (Phi) is 3.33. The number of benzene rings is 1. The van der Waals surface area contributed by atoms with Crippen LogP contribution in [0.15, 0.2) is 18.2 Å². The van der Waals surface area contributed by atoms with E-state index >= 15 is 0 Å². The minimum absolute atomic E-state index is 0.110. The Morgan fingerprint density at radius 3 is 2.90 bits per heavy atom. The second kappa shape index (κ2) is 5.20. The summed E-state index contributed by atoms with van der Waals surface area (Å²) >= 11 is 0. The van der Waals surface area contributed by atoms with Gasteiger partial charge in [-0.15, -0.1) is 0 Å². The Bertz CT molecular complexity index is 524. The number of rotatable bonds is 2. The van der Waals surface area contributed by atoms with Crippen molar-refractivity contribution >= 4 is 0 Å². The molecule has 0 amide bonds. The van der Waals surface area contributed by atoms with Crippen molar-refractivity contribution in [2.24, 2.45) is 0 Å². The SMILES string of the molecule is C[C@@]12COc3cc(OC4CCCCC4)ccc3[C@@H]1CCN2. The molecule has 114 valence electrons. The number of fused-ring (bicyclic) bond motifs is 3. The lowest BCUT2D eigenvalue weighted by atomic mass is 9.80. The van der Waals surface area contributed by atoms with E-state index in [1.807, 2.05) is 0 Å². The van der Waals surface area contributed by atoms with Gasteiger partial charge in [0.15, 0.2) is 0 Å². The van der Waals surface area contributed by atoms with E-state index in [-0.39, 0.29) is 5.54 Å². The highest BCUT2D eigenvalue weighted by Crippen LogP contribution is 2.45. The molecular weight excluding hydrogens is 262 g/mol. The Morgan fingerprint density at radius 1 is 1.19 bits per heavy atom. The molecule has 2 atom stereocenters. The average Bonchev–Trinajstić information content (AvgIpc) is 2.90. The van der Waals surface area contributed by atoms with Gasteiger partial charge in [0.2, 0.25) is 0 Å². The van der Waals surface area contributed by atoms with Gasteiger partial charge in [-0.05, 0) is 57.2 Å². The van der Waals surface area contributed by atoms with E-state index in [2.05, 4.69) is 30.4 Å². The van der Waals surface area contributed by atoms with Gasteiger partial charge in [0.05, 0.1) is 11.6 Å². The van der Waals surface area contributed by atoms with Crippen molar-refractivity contribution in [2.75, 3.05) is 13.2 Å². The summed E-state index contributed by atoms with van der Waals surface area (Å²) in [6.07, 6.45) is 7.97. The van der Waals surface area contributed by atoms with Crippen molar-refractivity contribution in [2.45, 2.75) is 63.0 Å². The zero-order chi connectivity index (χ0) is 14.3. The first kappa shape index (κ1) is 13.4. The van der Waals surface area contributed by atoms with Gasteiger partial charge >= 0.3 is 0 Å². The monoisotopic (exact) mass is 287 g/mol. The number of nitrogens with one attached hydrogen (secondary N) is 1. The van der Waals surface area contributed by atoms with Crippen LogP contribution in [0.1, 0.15) is 56.9 Å². The third-order valence-electron chi connectivity index (χ3n) is 5.47. The van der Waals surface area contributed by atoms with Gasteiger partial charge in [-0.1, -0.05) is 12.5 Å². The summed E-state index contributed by atoms with van der Waals surface area (Å²) in [6, 6.07) is 6.48. The van der Waals surface area contributed by atoms with Crippen LogP contribution in [0, 0.1) is 0 Å². The second-order valence-corrected chi connectivity index (χ2v) is 7.05. The molecule has 0 aromatic heterocycles. The van der Waals surface area contributed by atoms with Gasteiger partial charge in [0, 0.05) is 12.0 Å². The first-order valence-corrected chi connectivity index (χ1v) is 8.43. The number of hydrogen-bond donors (Lipinski definition) is 1. The fourth-order valence-electron chi connectivity index (χ4n) is 4.20. The molecule has 1 saturated heterocycles. The lowest BCUT2D eigenvalue weighted by Gasteiger charge is -2.37. The zero-order valence-corrected chi connectivity index (χ0v) is 12.9. The van der Waals surface area contributed by atoms with Crippen molar-refractivity contribution in [1.29, 1.82) is 0 Å². The Morgan fingerprint density at radius 2 is 2.05 bits per heavy atom. The van der Waals surface area contributed by atoms with Crippen LogP contribution in [0.25, 0.3) is 0 Å². The molecule has 2 heterocycles. The minimum Gasteiger partial charge on any atom is -0.491 e. The van der Waals surface area contributed by atoms with Gasteiger partial charge in [0.1, 0.15) is 18.1 Å². The first-order valence-electron chi connectivity index (χ1n) is 8.43. The summed E-state index contributed by atoms with van der Waals surface area (Å²) in [6.45, 7) is 4.13. The predicted molar refractivity (Wildman–Crippen MR) is 83.2 cm³/mol. The van der Waals surface area contributed by atoms with Crippen LogP contribution in [0.4, 0.5) is 0 Å². The molecule has 3 nitrogen and oxygen atoms in total. The van der Waals surface area contributed by atoms with Crippen molar-refractivity contribution in [1.82, 2.24) is 5.32 Å². The number of ether oxygens (including phenoxy) is 2. The molecule has 21 heavy (non-hydrogen) atoms. The average molecular weight is 287 g/mol. The molecule has 4 rings (SSSR count). The third kappa shape index (κ3) is 2.42. The molecular formula is C18H25NO2. The van der Waals surface area contributed by atoms with Gasteiger partial charge < -0.3 is 14.8 Å². The molecule has 0 radical (unpaired) electrons. The maximum absolute atomic E-state index is 6.16. The van der Waals surface area contributed by atoms with Crippen LogP contribution >= 0.6 is 0 Å². The smallest absolute Gasteiger partial charge is 0.126 e. The Labute approximate surface area is 127 Å². The summed E-state index contributed by atoms with van der Waals surface area (Å²) in [5.74, 6) is 2.59. The molecule has 1 aromatic carbocycles. The van der Waals surface area contributed by atoms with Crippen molar-refractivity contribution in [3.8, 4) is 11.5 Å². The third-order valence-corrected chi connectivity index (χ3v) is 5.47. The minimum atomic E-state index is 0.110. The lowest BCUT2D eigenvalue weighted by molar-refractivity contribution is 0.149. The molecule has 1 N–H and O–H groups in total. The predicted octanol–water partition coefficient (Wildman–Crippen LogP) is 3.63. The fraction of sp³-hybridized carbons (Fsp3) is 0.667. The maximum Gasteiger partial charge on any atom is 0.126 e. The van der Waals surface area contributed by atoms with Crippen LogP contribution < -0.4 is 14.8 Å². The van der Waals surface area contributed by atoms with Crippen LogP contribution in [0.3, 0.4) is 0 Å². The maximum atomic E-state index is 6.16. The van der Waals surface area contributed by atoms with Crippen molar-refractivity contribution < 1.29 is 9.47 Å². The van der Waals surface area contributed by atoms with E-state index in [1.54, 1.807) is 0 Å². The topological polar surface area (TPSA) is 30.5 Å². The van der Waals surface area contributed by atoms with Gasteiger partial charge in [0.25, 0.3) is 0 Å². The van der Waals surface area contributed by atoms with E-state index in [0.29, 0.717) is 12.0 Å². The zero-order valence-electron chi connectivity index (χ0n) is 12.9. The quantitative estimate of drug-likeness (QED) is 0.901. The van der Waals surface area contributed by atoms with Gasteiger partial charge in [-0.25, -0.2) is 0 Å². The second-order valence-electron chi connectivity index (χ2n) is 7.05. The largest absolute Gasteiger partial charge is 0.491 e. The van der Waals surface area contributed by atoms with Crippen LogP contribution in [0.5, 0.6) is 11.5 Å². The molecule has 1 saturated carbocycles. The van der Waals surface area contributed by atoms with Crippen LogP contribution in [0.2, 0.25) is 0 Å². The van der Waals surface area contributed by atoms with Crippen LogP contribution in [-0.2, 0) is 0 Å². The Hall–Kier alpha value is -1.22. The van der Waals surface area contributed by atoms with E-state index in [0.717, 1.165) is 24.7 Å². The molecule has 0 spiro atoms.